The van der Waals surface area contributed by atoms with E-state index in [1.807, 2.05) is 0 Å². The number of rotatable bonds is 5. The summed E-state index contributed by atoms with van der Waals surface area (Å²) in [5.74, 6) is -1.59. The molecule has 5 nitrogen and oxygen atoms in total. The molecule has 1 aliphatic carbocycles. The first-order valence-corrected chi connectivity index (χ1v) is 10.9. The van der Waals surface area contributed by atoms with Crippen molar-refractivity contribution < 1.29 is 32.2 Å². The molecule has 0 spiro atoms. The molecule has 0 bridgehead atoms. The van der Waals surface area contributed by atoms with Crippen LogP contribution in [0.3, 0.4) is 0 Å². The summed E-state index contributed by atoms with van der Waals surface area (Å²) >= 11 is 0. The van der Waals surface area contributed by atoms with Gasteiger partial charge in [-0.3, -0.25) is 4.79 Å². The fraction of sp³-hybridized carbons (Fsp3) is 0.400. The molecule has 1 aliphatic rings. The van der Waals surface area contributed by atoms with Crippen LogP contribution >= 0.6 is 0 Å². The highest BCUT2D eigenvalue weighted by Crippen LogP contribution is 2.41. The van der Waals surface area contributed by atoms with Crippen LogP contribution in [0.15, 0.2) is 45.6 Å². The number of hydrogen-bond acceptors (Lipinski definition) is 5. The Balaban J connectivity index is 1.85. The highest BCUT2D eigenvalue weighted by atomic mass is 19.4. The highest BCUT2D eigenvalue weighted by molar-refractivity contribution is 5.83. The smallest absolute Gasteiger partial charge is 0.453 e. The molecule has 1 N–H and O–H groups in total. The molecule has 0 radical (unpaired) electrons. The van der Waals surface area contributed by atoms with Crippen LogP contribution in [-0.2, 0) is 12.6 Å². The first-order chi connectivity index (χ1) is 15.7. The number of aromatic hydroxyl groups is 1. The van der Waals surface area contributed by atoms with E-state index < -0.39 is 23.1 Å². The zero-order valence-corrected chi connectivity index (χ0v) is 18.4. The molecular weight excluding hydrogens is 437 g/mol. The van der Waals surface area contributed by atoms with Gasteiger partial charge < -0.3 is 19.0 Å². The summed E-state index contributed by atoms with van der Waals surface area (Å²) in [5.41, 5.74) is -0.964. The van der Waals surface area contributed by atoms with E-state index in [1.54, 1.807) is 0 Å². The number of hydrogen-bond donors (Lipinski definition) is 1. The molecule has 1 aromatic heterocycles. The molecule has 1 saturated carbocycles. The standard InChI is InChI=1S/C25H25F3O5/c1-14-5-3-4-6-15(14)13-19-20(29)12-11-18-21(30)23(24(25(26,27)28)33-22(18)19)32-17-9-7-16(31-2)8-10-17/h7-12,14-15,29H,3-6,13H2,1-2H3. The van der Waals surface area contributed by atoms with Gasteiger partial charge in [-0.15, -0.1) is 0 Å². The van der Waals surface area contributed by atoms with Crippen molar-refractivity contribution in [1.82, 2.24) is 0 Å². The van der Waals surface area contributed by atoms with Gasteiger partial charge in [-0.05, 0) is 61.1 Å². The fourth-order valence-electron chi connectivity index (χ4n) is 4.48. The molecule has 33 heavy (non-hydrogen) atoms. The van der Waals surface area contributed by atoms with Gasteiger partial charge in [0.15, 0.2) is 0 Å². The average molecular weight is 462 g/mol. The maximum absolute atomic E-state index is 13.9. The van der Waals surface area contributed by atoms with E-state index in [0.717, 1.165) is 25.7 Å². The van der Waals surface area contributed by atoms with E-state index in [2.05, 4.69) is 6.92 Å². The average Bonchev–Trinajstić information content (AvgIpc) is 2.78. The molecule has 8 heteroatoms. The molecule has 2 unspecified atom stereocenters. The highest BCUT2D eigenvalue weighted by Gasteiger charge is 2.41. The van der Waals surface area contributed by atoms with Crippen LogP contribution in [0.5, 0.6) is 23.0 Å². The minimum Gasteiger partial charge on any atom is -0.508 e. The largest absolute Gasteiger partial charge is 0.508 e. The summed E-state index contributed by atoms with van der Waals surface area (Å²) in [5, 5.41) is 10.4. The number of benzene rings is 2. The fourth-order valence-corrected chi connectivity index (χ4v) is 4.48. The molecule has 0 amide bonds. The van der Waals surface area contributed by atoms with E-state index in [-0.39, 0.29) is 33.9 Å². The monoisotopic (exact) mass is 462 g/mol. The van der Waals surface area contributed by atoms with Crippen LogP contribution < -0.4 is 14.9 Å². The third-order valence-corrected chi connectivity index (χ3v) is 6.39. The molecule has 0 aliphatic heterocycles. The molecular formula is C25H25F3O5. The number of fused-ring (bicyclic) bond motifs is 1. The lowest BCUT2D eigenvalue weighted by Gasteiger charge is -2.29. The van der Waals surface area contributed by atoms with E-state index in [4.69, 9.17) is 13.9 Å². The summed E-state index contributed by atoms with van der Waals surface area (Å²) in [6, 6.07) is 8.40. The Morgan fingerprint density at radius 3 is 2.36 bits per heavy atom. The van der Waals surface area contributed by atoms with Gasteiger partial charge in [0, 0.05) is 5.56 Å². The van der Waals surface area contributed by atoms with Crippen molar-refractivity contribution in [1.29, 1.82) is 0 Å². The van der Waals surface area contributed by atoms with Gasteiger partial charge in [-0.2, -0.15) is 13.2 Å². The third kappa shape index (κ3) is 4.65. The number of phenolic OH excluding ortho intramolecular Hbond substituents is 1. The predicted molar refractivity (Wildman–Crippen MR) is 117 cm³/mol. The van der Waals surface area contributed by atoms with E-state index in [0.29, 0.717) is 18.1 Å². The summed E-state index contributed by atoms with van der Waals surface area (Å²) < 4.78 is 57.5. The van der Waals surface area contributed by atoms with Gasteiger partial charge in [-0.1, -0.05) is 26.2 Å². The first kappa shape index (κ1) is 23.0. The van der Waals surface area contributed by atoms with Gasteiger partial charge in [0.25, 0.3) is 5.76 Å². The minimum absolute atomic E-state index is 0.0305. The van der Waals surface area contributed by atoms with Crippen molar-refractivity contribution in [3.05, 3.63) is 57.9 Å². The molecule has 4 rings (SSSR count). The molecule has 2 atom stereocenters. The lowest BCUT2D eigenvalue weighted by molar-refractivity contribution is -0.154. The second kappa shape index (κ2) is 9.00. The van der Waals surface area contributed by atoms with Gasteiger partial charge in [0.1, 0.15) is 22.8 Å². The first-order valence-electron chi connectivity index (χ1n) is 10.9. The van der Waals surface area contributed by atoms with Crippen molar-refractivity contribution in [3.8, 4) is 23.0 Å². The van der Waals surface area contributed by atoms with Crippen molar-refractivity contribution in [2.45, 2.75) is 45.2 Å². The molecule has 0 saturated heterocycles. The molecule has 176 valence electrons. The van der Waals surface area contributed by atoms with Crippen molar-refractivity contribution in [2.75, 3.05) is 7.11 Å². The van der Waals surface area contributed by atoms with Gasteiger partial charge >= 0.3 is 6.18 Å². The Hall–Kier alpha value is -3.16. The Kier molecular flexibility index (Phi) is 6.28. The Bertz CT molecular complexity index is 1200. The lowest BCUT2D eigenvalue weighted by Crippen LogP contribution is -2.20. The summed E-state index contributed by atoms with van der Waals surface area (Å²) in [7, 11) is 1.46. The second-order valence-corrected chi connectivity index (χ2v) is 8.53. The molecule has 3 aromatic rings. The van der Waals surface area contributed by atoms with Crippen molar-refractivity contribution in [2.24, 2.45) is 11.8 Å². The van der Waals surface area contributed by atoms with Crippen LogP contribution in [0, 0.1) is 11.8 Å². The van der Waals surface area contributed by atoms with E-state index in [9.17, 15) is 23.1 Å². The summed E-state index contributed by atoms with van der Waals surface area (Å²) in [6.07, 6.45) is -0.574. The van der Waals surface area contributed by atoms with Crippen molar-refractivity contribution >= 4 is 11.0 Å². The van der Waals surface area contributed by atoms with Crippen molar-refractivity contribution in [3.63, 3.8) is 0 Å². The van der Waals surface area contributed by atoms with Crippen LogP contribution in [0.25, 0.3) is 11.0 Å². The maximum Gasteiger partial charge on any atom is 0.453 e. The summed E-state index contributed by atoms with van der Waals surface area (Å²) in [6.45, 7) is 2.10. The van der Waals surface area contributed by atoms with Gasteiger partial charge in [-0.25, -0.2) is 0 Å². The Morgan fingerprint density at radius 2 is 1.73 bits per heavy atom. The summed E-state index contributed by atoms with van der Waals surface area (Å²) in [4.78, 5) is 13.2. The second-order valence-electron chi connectivity index (χ2n) is 8.53. The number of ether oxygens (including phenoxy) is 2. The van der Waals surface area contributed by atoms with Crippen LogP contribution in [0.2, 0.25) is 0 Å². The minimum atomic E-state index is -4.98. The third-order valence-electron chi connectivity index (χ3n) is 6.39. The molecule has 1 fully saturated rings. The zero-order chi connectivity index (χ0) is 23.8. The number of alkyl halides is 3. The SMILES string of the molecule is COc1ccc(Oc2c(C(F)(F)F)oc3c(CC4CCCCC4C)c(O)ccc3c2=O)cc1. The predicted octanol–water partition coefficient (Wildman–Crippen LogP) is 6.69. The number of halogens is 3. The van der Waals surface area contributed by atoms with Gasteiger partial charge in [0.2, 0.25) is 11.2 Å². The molecule has 2 aromatic carbocycles. The maximum atomic E-state index is 13.9. The number of phenols is 1. The Morgan fingerprint density at radius 1 is 1.06 bits per heavy atom. The zero-order valence-electron chi connectivity index (χ0n) is 18.4. The number of methoxy groups -OCH3 is 1. The topological polar surface area (TPSA) is 68.9 Å². The van der Waals surface area contributed by atoms with Crippen LogP contribution in [0.1, 0.15) is 43.9 Å². The quantitative estimate of drug-likeness (QED) is 0.458. The van der Waals surface area contributed by atoms with Gasteiger partial charge in [0.05, 0.1) is 12.5 Å². The van der Waals surface area contributed by atoms with Crippen LogP contribution in [0.4, 0.5) is 13.2 Å². The Labute approximate surface area is 188 Å². The van der Waals surface area contributed by atoms with E-state index >= 15 is 0 Å². The van der Waals surface area contributed by atoms with E-state index in [1.165, 1.54) is 43.5 Å². The normalized spacial score (nSPS) is 18.9. The van der Waals surface area contributed by atoms with Crippen LogP contribution in [-0.4, -0.2) is 12.2 Å². The lowest BCUT2D eigenvalue weighted by atomic mass is 9.77. The molecule has 1 heterocycles.